The second-order valence-electron chi connectivity index (χ2n) is 4.13. The lowest BCUT2D eigenvalue weighted by atomic mass is 9.84. The average molecular weight is 399 g/mol. The third-order valence-electron chi connectivity index (χ3n) is 3.08. The molecule has 0 nitrogen and oxygen atoms in total. The molecule has 1 fully saturated rings. The molecule has 2 rings (SSSR count). The van der Waals surface area contributed by atoms with Crippen molar-refractivity contribution in [2.24, 2.45) is 0 Å². The highest BCUT2D eigenvalue weighted by molar-refractivity contribution is 14.1. The van der Waals surface area contributed by atoms with Crippen LogP contribution in [0.2, 0.25) is 5.02 Å². The van der Waals surface area contributed by atoms with Crippen molar-refractivity contribution in [2.75, 3.05) is 0 Å². The number of hydrogen-bond donors (Lipinski definition) is 0. The maximum absolute atomic E-state index is 6.13. The molecule has 15 heavy (non-hydrogen) atoms. The van der Waals surface area contributed by atoms with E-state index in [4.69, 9.17) is 11.6 Å². The molecule has 1 aromatic rings. The molecular weight excluding hydrogens is 386 g/mol. The van der Waals surface area contributed by atoms with Crippen molar-refractivity contribution in [1.82, 2.24) is 0 Å². The topological polar surface area (TPSA) is 0 Å². The fourth-order valence-electron chi connectivity index (χ4n) is 2.25. The quantitative estimate of drug-likeness (QED) is 0.416. The summed E-state index contributed by atoms with van der Waals surface area (Å²) in [5.74, 6) is 0.751. The first-order valence-corrected chi connectivity index (χ1v) is 7.58. The third kappa shape index (κ3) is 2.89. The summed E-state index contributed by atoms with van der Waals surface area (Å²) in [7, 11) is 0. The summed E-state index contributed by atoms with van der Waals surface area (Å²) >= 11 is 12.0. The van der Waals surface area contributed by atoms with E-state index >= 15 is 0 Å². The first-order chi connectivity index (χ1) is 7.18. The van der Waals surface area contributed by atoms with E-state index < -0.39 is 0 Å². The molecule has 0 saturated heterocycles. The van der Waals surface area contributed by atoms with E-state index in [2.05, 4.69) is 50.7 Å². The highest BCUT2D eigenvalue weighted by Gasteiger charge is 2.17. The summed E-state index contributed by atoms with van der Waals surface area (Å²) in [5, 5.41) is 0.843. The highest BCUT2D eigenvalue weighted by atomic mass is 127. The molecule has 0 aromatic heterocycles. The van der Waals surface area contributed by atoms with Gasteiger partial charge in [-0.15, -0.1) is 0 Å². The standard InChI is InChI=1S/C12H13BrClI/c13-10-6-9(7-11(15)12(10)14)8-4-2-1-3-5-8/h6-8H,1-5H2. The van der Waals surface area contributed by atoms with Gasteiger partial charge in [0, 0.05) is 8.04 Å². The average Bonchev–Trinajstić information content (AvgIpc) is 2.26. The van der Waals surface area contributed by atoms with Crippen LogP contribution in [0.15, 0.2) is 16.6 Å². The van der Waals surface area contributed by atoms with Crippen molar-refractivity contribution in [3.63, 3.8) is 0 Å². The van der Waals surface area contributed by atoms with Crippen LogP contribution in [0.5, 0.6) is 0 Å². The van der Waals surface area contributed by atoms with Crippen molar-refractivity contribution in [1.29, 1.82) is 0 Å². The largest absolute Gasteiger partial charge is 0.0819 e. The summed E-state index contributed by atoms with van der Waals surface area (Å²) in [6, 6.07) is 4.43. The Labute approximate surface area is 118 Å². The molecule has 1 aliphatic rings. The van der Waals surface area contributed by atoms with Crippen LogP contribution in [0.25, 0.3) is 0 Å². The molecule has 1 aromatic carbocycles. The number of benzene rings is 1. The molecule has 0 amide bonds. The van der Waals surface area contributed by atoms with Gasteiger partial charge in [-0.25, -0.2) is 0 Å². The van der Waals surface area contributed by atoms with Crippen LogP contribution >= 0.6 is 50.1 Å². The minimum absolute atomic E-state index is 0.751. The molecule has 82 valence electrons. The van der Waals surface area contributed by atoms with Gasteiger partial charge in [-0.2, -0.15) is 0 Å². The minimum atomic E-state index is 0.751. The van der Waals surface area contributed by atoms with Gasteiger partial charge in [0.1, 0.15) is 0 Å². The zero-order valence-corrected chi connectivity index (χ0v) is 12.9. The Morgan fingerprint density at radius 2 is 1.87 bits per heavy atom. The maximum Gasteiger partial charge on any atom is 0.0681 e. The second-order valence-corrected chi connectivity index (χ2v) is 6.53. The molecule has 1 aliphatic carbocycles. The van der Waals surface area contributed by atoms with E-state index in [9.17, 15) is 0 Å². The summed E-state index contributed by atoms with van der Waals surface area (Å²) < 4.78 is 2.20. The zero-order valence-electron chi connectivity index (χ0n) is 8.40. The van der Waals surface area contributed by atoms with E-state index in [1.54, 1.807) is 0 Å². The SMILES string of the molecule is Clc1c(Br)cc(C2CCCCC2)cc1I. The molecule has 0 unspecified atom stereocenters. The molecule has 0 spiro atoms. The van der Waals surface area contributed by atoms with Crippen LogP contribution in [0, 0.1) is 3.57 Å². The Hall–Kier alpha value is 0.720. The smallest absolute Gasteiger partial charge is 0.0681 e. The molecule has 3 heteroatoms. The van der Waals surface area contributed by atoms with E-state index in [-0.39, 0.29) is 0 Å². The number of hydrogen-bond acceptors (Lipinski definition) is 0. The van der Waals surface area contributed by atoms with E-state index in [0.717, 1.165) is 19.0 Å². The molecule has 0 N–H and O–H groups in total. The van der Waals surface area contributed by atoms with Crippen molar-refractivity contribution in [2.45, 2.75) is 38.0 Å². The monoisotopic (exact) mass is 398 g/mol. The first kappa shape index (κ1) is 12.2. The summed E-state index contributed by atoms with van der Waals surface area (Å²) in [5.41, 5.74) is 1.45. The Kier molecular flexibility index (Phi) is 4.36. The summed E-state index contributed by atoms with van der Waals surface area (Å²) in [6.07, 6.45) is 6.83. The Morgan fingerprint density at radius 1 is 1.20 bits per heavy atom. The van der Waals surface area contributed by atoms with Gasteiger partial charge in [-0.05, 0) is 75.0 Å². The van der Waals surface area contributed by atoms with Gasteiger partial charge in [0.25, 0.3) is 0 Å². The fourth-order valence-corrected chi connectivity index (χ4v) is 3.85. The minimum Gasteiger partial charge on any atom is -0.0819 e. The van der Waals surface area contributed by atoms with E-state index in [1.807, 2.05) is 0 Å². The van der Waals surface area contributed by atoms with Crippen LogP contribution < -0.4 is 0 Å². The van der Waals surface area contributed by atoms with Crippen molar-refractivity contribution in [3.05, 3.63) is 30.8 Å². The molecule has 0 heterocycles. The van der Waals surface area contributed by atoms with Crippen molar-refractivity contribution in [3.8, 4) is 0 Å². The fraction of sp³-hybridized carbons (Fsp3) is 0.500. The zero-order chi connectivity index (χ0) is 10.8. The normalized spacial score (nSPS) is 18.1. The van der Waals surface area contributed by atoms with Crippen LogP contribution in [0.4, 0.5) is 0 Å². The Balaban J connectivity index is 2.27. The summed E-state index contributed by atoms with van der Waals surface area (Å²) in [6.45, 7) is 0. The summed E-state index contributed by atoms with van der Waals surface area (Å²) in [4.78, 5) is 0. The Morgan fingerprint density at radius 3 is 2.47 bits per heavy atom. The van der Waals surface area contributed by atoms with Gasteiger partial charge in [-0.3, -0.25) is 0 Å². The number of halogens is 3. The lowest BCUT2D eigenvalue weighted by Gasteiger charge is -2.22. The van der Waals surface area contributed by atoms with Gasteiger partial charge in [0.2, 0.25) is 0 Å². The highest BCUT2D eigenvalue weighted by Crippen LogP contribution is 2.37. The van der Waals surface area contributed by atoms with Gasteiger partial charge >= 0.3 is 0 Å². The van der Waals surface area contributed by atoms with Gasteiger partial charge in [-0.1, -0.05) is 30.9 Å². The molecular formula is C12H13BrClI. The van der Waals surface area contributed by atoms with Gasteiger partial charge in [0.05, 0.1) is 5.02 Å². The lowest BCUT2D eigenvalue weighted by Crippen LogP contribution is -2.04. The van der Waals surface area contributed by atoms with Crippen LogP contribution in [-0.2, 0) is 0 Å². The first-order valence-electron chi connectivity index (χ1n) is 5.33. The second kappa shape index (κ2) is 5.37. The van der Waals surface area contributed by atoms with Crippen molar-refractivity contribution < 1.29 is 0 Å². The Bertz CT molecular complexity index is 336. The third-order valence-corrected chi connectivity index (χ3v) is 5.51. The van der Waals surface area contributed by atoms with Gasteiger partial charge in [0.15, 0.2) is 0 Å². The van der Waals surface area contributed by atoms with Crippen LogP contribution in [-0.4, -0.2) is 0 Å². The van der Waals surface area contributed by atoms with E-state index in [0.29, 0.717) is 0 Å². The predicted molar refractivity (Wildman–Crippen MR) is 77.7 cm³/mol. The molecule has 0 radical (unpaired) electrons. The van der Waals surface area contributed by atoms with E-state index in [1.165, 1.54) is 37.7 Å². The van der Waals surface area contributed by atoms with Crippen LogP contribution in [0.1, 0.15) is 43.6 Å². The molecule has 1 saturated carbocycles. The molecule has 0 bridgehead atoms. The number of rotatable bonds is 1. The lowest BCUT2D eigenvalue weighted by molar-refractivity contribution is 0.443. The predicted octanol–water partition coefficient (Wildman–Crippen LogP) is 5.75. The maximum atomic E-state index is 6.13. The van der Waals surface area contributed by atoms with Crippen LogP contribution in [0.3, 0.4) is 0 Å². The molecule has 0 atom stereocenters. The molecule has 0 aliphatic heterocycles. The van der Waals surface area contributed by atoms with Crippen molar-refractivity contribution >= 4 is 50.1 Å². The van der Waals surface area contributed by atoms with Gasteiger partial charge < -0.3 is 0 Å².